The van der Waals surface area contributed by atoms with Crippen LogP contribution in [0.4, 0.5) is 11.4 Å². The number of imidazole rings is 2. The number of anilines is 2. The topological polar surface area (TPSA) is 227 Å². The molecule has 18 nitrogen and oxygen atoms in total. The molecule has 0 amide bonds. The van der Waals surface area contributed by atoms with Crippen LogP contribution < -0.4 is 34.1 Å². The zero-order valence-electron chi connectivity index (χ0n) is 36.0. The third-order valence-electron chi connectivity index (χ3n) is 11.1. The van der Waals surface area contributed by atoms with E-state index >= 15 is 0 Å². The minimum atomic E-state index is -2.70. The number of ketones is 2. The lowest BCUT2D eigenvalue weighted by Gasteiger charge is -2.35. The zero-order valence-corrected chi connectivity index (χ0v) is 36.0. The molecule has 0 aliphatic carbocycles. The molecule has 2 atom stereocenters. The number of aromatic nitrogens is 4. The molecule has 5 N–H and O–H groups in total. The van der Waals surface area contributed by atoms with Crippen molar-refractivity contribution in [2.24, 2.45) is 7.05 Å². The maximum Gasteiger partial charge on any atom is 0.368 e. The second-order valence-corrected chi connectivity index (χ2v) is 14.6. The monoisotopic (exact) mass is 858 g/mol. The number of fused-ring (bicyclic) bond motifs is 2. The van der Waals surface area contributed by atoms with Gasteiger partial charge in [-0.05, 0) is 38.1 Å². The fourth-order valence-electron chi connectivity index (χ4n) is 7.76. The number of carbonyl (C=O) groups excluding carboxylic acids is 3. The number of para-hydroxylation sites is 4. The largest absolute Gasteiger partial charge is 0.506 e. The van der Waals surface area contributed by atoms with Gasteiger partial charge in [0.1, 0.15) is 57.4 Å². The van der Waals surface area contributed by atoms with Crippen molar-refractivity contribution in [3.8, 4) is 23.0 Å². The summed E-state index contributed by atoms with van der Waals surface area (Å²) >= 11 is 0. The minimum Gasteiger partial charge on any atom is -0.506 e. The number of aliphatic hydroxyl groups is 2. The van der Waals surface area contributed by atoms with Crippen molar-refractivity contribution in [3.05, 3.63) is 108 Å². The quantitative estimate of drug-likeness (QED) is 0.0842. The lowest BCUT2D eigenvalue weighted by Crippen LogP contribution is -2.55. The Kier molecular flexibility index (Phi) is 11.4. The van der Waals surface area contributed by atoms with Gasteiger partial charge >= 0.3 is 11.7 Å². The van der Waals surface area contributed by atoms with E-state index in [0.29, 0.717) is 51.4 Å². The van der Waals surface area contributed by atoms with E-state index in [0.717, 1.165) is 28.6 Å². The molecule has 326 valence electrons. The first-order valence-corrected chi connectivity index (χ1v) is 19.4. The van der Waals surface area contributed by atoms with Gasteiger partial charge in [0, 0.05) is 50.5 Å². The summed E-state index contributed by atoms with van der Waals surface area (Å²) in [6.45, 7) is 3.04. The standard InChI is InChI=1S/C23H24N4O4.C22H22N4O6/c1-13(28)23(2)20(29)19(21-25-17-8-6-7-9-18(17)26-21)22(24-3)27(23)14-10-15(30-4)12-16(11-14)31-5;1-25-16-8-6-5-7-15(16)24-20(25)17-18(27)22(29,21(28)32-4)26(19(17)23)12-9-13(30-2)11-14(10-12)31-3/h6-12,24H,1-5H3,(H,25,26);5-11,23,27,29H,1-4H3. The van der Waals surface area contributed by atoms with E-state index in [1.165, 1.54) is 33.3 Å². The van der Waals surface area contributed by atoms with E-state index in [9.17, 15) is 24.6 Å². The van der Waals surface area contributed by atoms with Crippen LogP contribution in [0.25, 0.3) is 33.2 Å². The molecule has 0 saturated carbocycles. The van der Waals surface area contributed by atoms with Crippen LogP contribution in [0.2, 0.25) is 0 Å². The molecule has 4 heterocycles. The SMILES string of the molecule is CNC1=C(c2nc3ccccc3[nH]2)C(=O)C(C)(C(C)=O)N1c1cc(OC)cc(OC)c1.COC(=O)C1(O)C(O)=C(c2nc3ccccc3n2C)C(=N)N1c1cc(OC)cc(OC)c1. The Morgan fingerprint density at radius 3 is 1.79 bits per heavy atom. The molecule has 8 rings (SSSR count). The Hall–Kier alpha value is -7.86. The summed E-state index contributed by atoms with van der Waals surface area (Å²) in [5, 5.41) is 34.5. The Morgan fingerprint density at radius 1 is 0.778 bits per heavy atom. The molecule has 6 aromatic rings. The Morgan fingerprint density at radius 2 is 1.30 bits per heavy atom. The van der Waals surface area contributed by atoms with Crippen LogP contribution in [-0.4, -0.2) is 107 Å². The molecule has 2 aliphatic heterocycles. The molecule has 2 aromatic heterocycles. The highest BCUT2D eigenvalue weighted by Gasteiger charge is 2.58. The van der Waals surface area contributed by atoms with Gasteiger partial charge in [0.05, 0.1) is 69.0 Å². The van der Waals surface area contributed by atoms with E-state index in [1.54, 1.807) is 75.0 Å². The number of aromatic amines is 1. The number of hydrogen-bond acceptors (Lipinski definition) is 15. The van der Waals surface area contributed by atoms with Crippen molar-refractivity contribution in [2.45, 2.75) is 25.1 Å². The highest BCUT2D eigenvalue weighted by Crippen LogP contribution is 2.45. The van der Waals surface area contributed by atoms with E-state index in [1.807, 2.05) is 42.5 Å². The van der Waals surface area contributed by atoms with Gasteiger partial charge in [0.25, 0.3) is 0 Å². The molecule has 4 aromatic carbocycles. The molecule has 0 saturated heterocycles. The third kappa shape index (κ3) is 6.89. The van der Waals surface area contributed by atoms with Gasteiger partial charge in [0.2, 0.25) is 5.78 Å². The smallest absolute Gasteiger partial charge is 0.368 e. The molecule has 0 radical (unpaired) electrons. The normalized spacial score (nSPS) is 18.5. The number of methoxy groups -OCH3 is 5. The van der Waals surface area contributed by atoms with E-state index in [4.69, 9.17) is 29.1 Å². The Bertz CT molecular complexity index is 2820. The number of ether oxygens (including phenoxy) is 5. The fraction of sp³-hybridized carbons (Fsp3) is 0.244. The number of hydrogen-bond donors (Lipinski definition) is 5. The summed E-state index contributed by atoms with van der Waals surface area (Å²) in [5.41, 5.74) is -0.298. The van der Waals surface area contributed by atoms with E-state index in [-0.39, 0.29) is 34.5 Å². The van der Waals surface area contributed by atoms with E-state index < -0.39 is 23.0 Å². The van der Waals surface area contributed by atoms with Crippen LogP contribution in [0.5, 0.6) is 23.0 Å². The van der Waals surface area contributed by atoms with Gasteiger partial charge in [-0.3, -0.25) is 19.9 Å². The summed E-state index contributed by atoms with van der Waals surface area (Å²) in [5.74, 6) is -0.0612. The fourth-order valence-corrected chi connectivity index (χ4v) is 7.76. The van der Waals surface area contributed by atoms with Gasteiger partial charge in [-0.15, -0.1) is 0 Å². The first-order valence-electron chi connectivity index (χ1n) is 19.4. The van der Waals surface area contributed by atoms with Crippen molar-refractivity contribution < 1.29 is 48.3 Å². The maximum atomic E-state index is 13.7. The molecule has 0 spiro atoms. The number of nitrogens with zero attached hydrogens (tertiary/aromatic N) is 5. The summed E-state index contributed by atoms with van der Waals surface area (Å²) in [6, 6.07) is 24.6. The summed E-state index contributed by atoms with van der Waals surface area (Å²) < 4.78 is 27.8. The molecule has 0 bridgehead atoms. The second kappa shape index (κ2) is 16.5. The molecule has 2 unspecified atom stereocenters. The molecular weight excluding hydrogens is 813 g/mol. The second-order valence-electron chi connectivity index (χ2n) is 14.6. The molecule has 63 heavy (non-hydrogen) atoms. The number of aliphatic hydroxyl groups excluding tert-OH is 1. The van der Waals surface area contributed by atoms with Crippen molar-refractivity contribution in [3.63, 3.8) is 0 Å². The predicted octanol–water partition coefficient (Wildman–Crippen LogP) is 5.12. The summed E-state index contributed by atoms with van der Waals surface area (Å²) in [7, 11) is 10.5. The zero-order chi connectivity index (χ0) is 45.5. The minimum absolute atomic E-state index is 0.113. The van der Waals surface area contributed by atoms with Gasteiger partial charge in [-0.2, -0.15) is 0 Å². The van der Waals surface area contributed by atoms with Crippen molar-refractivity contribution in [1.82, 2.24) is 24.8 Å². The first kappa shape index (κ1) is 43.2. The van der Waals surface area contributed by atoms with Gasteiger partial charge in [-0.25, -0.2) is 14.8 Å². The molecule has 2 aliphatic rings. The predicted molar refractivity (Wildman–Crippen MR) is 235 cm³/mol. The van der Waals surface area contributed by atoms with Gasteiger partial charge < -0.3 is 53.7 Å². The average Bonchev–Trinajstić information content (AvgIpc) is 3.99. The Balaban J connectivity index is 0.000000189. The van der Waals surface area contributed by atoms with Crippen molar-refractivity contribution in [1.29, 1.82) is 5.41 Å². The lowest BCUT2D eigenvalue weighted by atomic mass is 9.89. The van der Waals surface area contributed by atoms with Gasteiger partial charge in [0.15, 0.2) is 17.1 Å². The highest BCUT2D eigenvalue weighted by atomic mass is 16.5. The van der Waals surface area contributed by atoms with Crippen molar-refractivity contribution >= 4 is 68.0 Å². The average molecular weight is 859 g/mol. The molecular formula is C45H46N8O10. The van der Waals surface area contributed by atoms with Crippen LogP contribution in [0.15, 0.2) is 96.5 Å². The van der Waals surface area contributed by atoms with Crippen LogP contribution in [0, 0.1) is 5.41 Å². The maximum absolute atomic E-state index is 13.7. The van der Waals surface area contributed by atoms with Crippen molar-refractivity contribution in [2.75, 3.05) is 52.4 Å². The summed E-state index contributed by atoms with van der Waals surface area (Å²) in [6.07, 6.45) is 0. The van der Waals surface area contributed by atoms with E-state index in [2.05, 4.69) is 20.3 Å². The number of esters is 1. The number of amidine groups is 1. The summed E-state index contributed by atoms with van der Waals surface area (Å²) in [4.78, 5) is 54.3. The molecule has 18 heteroatoms. The highest BCUT2D eigenvalue weighted by molar-refractivity contribution is 6.37. The first-order chi connectivity index (χ1) is 30.1. The number of aryl methyl sites for hydroxylation is 1. The number of Topliss-reactive ketones (excluding diaryl/α,β-unsaturated/α-hetero) is 2. The van der Waals surface area contributed by atoms with Crippen LogP contribution in [0.3, 0.4) is 0 Å². The number of carbonyl (C=O) groups is 3. The van der Waals surface area contributed by atoms with Gasteiger partial charge in [-0.1, -0.05) is 24.3 Å². The van der Waals surface area contributed by atoms with Crippen LogP contribution in [0.1, 0.15) is 25.5 Å². The number of benzene rings is 4. The lowest BCUT2D eigenvalue weighted by molar-refractivity contribution is -0.159. The van der Waals surface area contributed by atoms with Crippen LogP contribution in [-0.2, 0) is 26.2 Å². The third-order valence-corrected chi connectivity index (χ3v) is 11.1. The number of H-pyrrole nitrogens is 1. The number of nitrogens with one attached hydrogen (secondary N) is 3. The Labute approximate surface area is 361 Å². The number of rotatable bonds is 11. The van der Waals surface area contributed by atoms with Crippen LogP contribution >= 0.6 is 0 Å². The molecule has 0 fully saturated rings.